The summed E-state index contributed by atoms with van der Waals surface area (Å²) >= 11 is 0. The normalized spacial score (nSPS) is 16.7. The Kier molecular flexibility index (Phi) is 5.04. The number of ether oxygens (including phenoxy) is 1. The molecular formula is C24H26N2O5. The van der Waals surface area contributed by atoms with Crippen molar-refractivity contribution in [3.63, 3.8) is 0 Å². The van der Waals surface area contributed by atoms with Gasteiger partial charge in [-0.2, -0.15) is 0 Å². The number of likely N-dealkylation sites (N-methyl/N-ethyl adjacent to an activating group) is 1. The van der Waals surface area contributed by atoms with Gasteiger partial charge in [-0.15, -0.1) is 0 Å². The maximum atomic E-state index is 12.8. The minimum Gasteiger partial charge on any atom is -0.481 e. The van der Waals surface area contributed by atoms with Crippen molar-refractivity contribution in [3.05, 3.63) is 57.3 Å². The molecule has 5 rings (SSSR count). The summed E-state index contributed by atoms with van der Waals surface area (Å²) in [7, 11) is 1.72. The molecule has 1 fully saturated rings. The fourth-order valence-electron chi connectivity index (χ4n) is 4.35. The molecule has 0 aliphatic heterocycles. The molecule has 2 aliphatic carbocycles. The molecule has 0 saturated heterocycles. The average Bonchev–Trinajstić information content (AvgIpc) is 3.52. The first-order chi connectivity index (χ1) is 15.0. The predicted molar refractivity (Wildman–Crippen MR) is 114 cm³/mol. The maximum absolute atomic E-state index is 12.8. The average molecular weight is 422 g/mol. The van der Waals surface area contributed by atoms with Gasteiger partial charge in [0.25, 0.3) is 5.91 Å². The smallest absolute Gasteiger partial charge is 0.339 e. The lowest BCUT2D eigenvalue weighted by molar-refractivity contribution is -0.137. The van der Waals surface area contributed by atoms with Gasteiger partial charge >= 0.3 is 5.63 Å². The van der Waals surface area contributed by atoms with Gasteiger partial charge in [-0.25, -0.2) is 4.79 Å². The van der Waals surface area contributed by atoms with Crippen LogP contribution in [0.15, 0.2) is 38.0 Å². The SMILES string of the molecule is CC(Oc1ccc2c3c(c(=O)oc2c1)CCCC3)C(=O)N(C)Cc1cc(C2CC2)on1. The van der Waals surface area contributed by atoms with Crippen molar-refractivity contribution in [1.82, 2.24) is 10.1 Å². The highest BCUT2D eigenvalue weighted by Gasteiger charge is 2.28. The Balaban J connectivity index is 1.29. The molecule has 3 aromatic rings. The standard InChI is InChI=1S/C24H26N2O5/c1-14(23(27)26(2)13-16-11-21(31-25-16)15-7-8-15)29-17-9-10-19-18-5-3-4-6-20(18)24(28)30-22(19)12-17/h9-12,14-15H,3-8,13H2,1-2H3. The van der Waals surface area contributed by atoms with Gasteiger partial charge in [-0.3, -0.25) is 4.79 Å². The second kappa shape index (κ2) is 7.87. The van der Waals surface area contributed by atoms with Crippen molar-refractivity contribution in [3.8, 4) is 5.75 Å². The highest BCUT2D eigenvalue weighted by Crippen LogP contribution is 2.40. The lowest BCUT2D eigenvalue weighted by Crippen LogP contribution is -2.37. The highest BCUT2D eigenvalue weighted by atomic mass is 16.5. The molecule has 1 amide bonds. The molecule has 31 heavy (non-hydrogen) atoms. The van der Waals surface area contributed by atoms with Crippen LogP contribution in [0.2, 0.25) is 0 Å². The van der Waals surface area contributed by atoms with Crippen LogP contribution in [0.1, 0.15) is 61.1 Å². The topological polar surface area (TPSA) is 85.8 Å². The van der Waals surface area contributed by atoms with Gasteiger partial charge in [0, 0.05) is 36.0 Å². The third-order valence-electron chi connectivity index (χ3n) is 6.19. The summed E-state index contributed by atoms with van der Waals surface area (Å²) in [4.78, 5) is 26.7. The zero-order chi connectivity index (χ0) is 21.5. The molecule has 2 heterocycles. The quantitative estimate of drug-likeness (QED) is 0.559. The van der Waals surface area contributed by atoms with E-state index in [4.69, 9.17) is 13.7 Å². The van der Waals surface area contributed by atoms with Gasteiger partial charge in [0.2, 0.25) is 0 Å². The monoisotopic (exact) mass is 422 g/mol. The van der Waals surface area contributed by atoms with E-state index in [0.29, 0.717) is 23.8 Å². The Morgan fingerprint density at radius 3 is 2.77 bits per heavy atom. The van der Waals surface area contributed by atoms with Crippen molar-refractivity contribution in [2.24, 2.45) is 0 Å². The van der Waals surface area contributed by atoms with Crippen molar-refractivity contribution in [1.29, 1.82) is 0 Å². The van der Waals surface area contributed by atoms with E-state index in [1.165, 1.54) is 0 Å². The number of nitrogens with zero attached hydrogens (tertiary/aromatic N) is 2. The predicted octanol–water partition coefficient (Wildman–Crippen LogP) is 3.96. The molecule has 0 radical (unpaired) electrons. The van der Waals surface area contributed by atoms with Crippen molar-refractivity contribution >= 4 is 16.9 Å². The van der Waals surface area contributed by atoms with Gasteiger partial charge in [0.05, 0.1) is 6.54 Å². The lowest BCUT2D eigenvalue weighted by atomic mass is 9.91. The van der Waals surface area contributed by atoms with Crippen LogP contribution in [0, 0.1) is 0 Å². The van der Waals surface area contributed by atoms with Crippen LogP contribution in [0.5, 0.6) is 5.75 Å². The molecule has 162 valence electrons. The molecule has 2 aliphatic rings. The summed E-state index contributed by atoms with van der Waals surface area (Å²) in [6.45, 7) is 2.08. The van der Waals surface area contributed by atoms with Gasteiger partial charge in [0.1, 0.15) is 22.8 Å². The van der Waals surface area contributed by atoms with E-state index in [2.05, 4.69) is 5.16 Å². The van der Waals surface area contributed by atoms with E-state index in [1.54, 1.807) is 24.9 Å². The number of hydrogen-bond donors (Lipinski definition) is 0. The number of hydrogen-bond acceptors (Lipinski definition) is 6. The van der Waals surface area contributed by atoms with E-state index in [9.17, 15) is 9.59 Å². The number of carbonyl (C=O) groups excluding carboxylic acids is 1. The maximum Gasteiger partial charge on any atom is 0.339 e. The summed E-state index contributed by atoms with van der Waals surface area (Å²) in [5.74, 6) is 1.73. The third-order valence-corrected chi connectivity index (χ3v) is 6.19. The Hall–Kier alpha value is -3.09. The summed E-state index contributed by atoms with van der Waals surface area (Å²) in [5.41, 5.74) is 2.87. The number of benzene rings is 1. The van der Waals surface area contributed by atoms with E-state index < -0.39 is 6.10 Å². The minimum absolute atomic E-state index is 0.164. The van der Waals surface area contributed by atoms with E-state index in [-0.39, 0.29) is 11.5 Å². The Morgan fingerprint density at radius 2 is 2.00 bits per heavy atom. The number of aryl methyl sites for hydroxylation is 1. The Bertz CT molecular complexity index is 1190. The molecule has 1 aromatic carbocycles. The summed E-state index contributed by atoms with van der Waals surface area (Å²) in [5, 5.41) is 5.02. The van der Waals surface area contributed by atoms with Gasteiger partial charge in [-0.1, -0.05) is 5.16 Å². The third kappa shape index (κ3) is 3.96. The van der Waals surface area contributed by atoms with Crippen LogP contribution in [0.25, 0.3) is 11.0 Å². The fourth-order valence-corrected chi connectivity index (χ4v) is 4.35. The van der Waals surface area contributed by atoms with E-state index in [0.717, 1.165) is 66.5 Å². The lowest BCUT2D eigenvalue weighted by Gasteiger charge is -2.21. The number of rotatable bonds is 6. The molecule has 0 bridgehead atoms. The van der Waals surface area contributed by atoms with Crippen LogP contribution in [0.4, 0.5) is 0 Å². The molecule has 1 unspecified atom stereocenters. The number of carbonyl (C=O) groups is 1. The number of amides is 1. The Labute approximate surface area is 180 Å². The first-order valence-electron chi connectivity index (χ1n) is 11.0. The van der Waals surface area contributed by atoms with Gasteiger partial charge in [-0.05, 0) is 63.1 Å². The van der Waals surface area contributed by atoms with Crippen LogP contribution in [-0.2, 0) is 24.2 Å². The molecule has 2 aromatic heterocycles. The van der Waals surface area contributed by atoms with Crippen LogP contribution in [-0.4, -0.2) is 29.1 Å². The second-order valence-corrected chi connectivity index (χ2v) is 8.66. The molecule has 0 N–H and O–H groups in total. The van der Waals surface area contributed by atoms with Gasteiger partial charge in [0.15, 0.2) is 6.10 Å². The molecule has 7 heteroatoms. The van der Waals surface area contributed by atoms with Crippen molar-refractivity contribution in [2.75, 3.05) is 7.05 Å². The van der Waals surface area contributed by atoms with Crippen molar-refractivity contribution < 1.29 is 18.5 Å². The first-order valence-corrected chi connectivity index (χ1v) is 11.0. The molecule has 7 nitrogen and oxygen atoms in total. The first kappa shape index (κ1) is 19.8. The van der Waals surface area contributed by atoms with Crippen LogP contribution >= 0.6 is 0 Å². The second-order valence-electron chi connectivity index (χ2n) is 8.66. The molecule has 1 saturated carbocycles. The van der Waals surface area contributed by atoms with Crippen LogP contribution in [0.3, 0.4) is 0 Å². The summed E-state index contributed by atoms with van der Waals surface area (Å²) in [6, 6.07) is 7.39. The van der Waals surface area contributed by atoms with Crippen LogP contribution < -0.4 is 10.4 Å². The van der Waals surface area contributed by atoms with Gasteiger partial charge < -0.3 is 18.6 Å². The van der Waals surface area contributed by atoms with Crippen molar-refractivity contribution in [2.45, 2.75) is 64.0 Å². The molecule has 1 atom stereocenters. The summed E-state index contributed by atoms with van der Waals surface area (Å²) in [6.07, 6.45) is 5.36. The molecule has 0 spiro atoms. The number of fused-ring (bicyclic) bond motifs is 3. The zero-order valence-electron chi connectivity index (χ0n) is 17.8. The summed E-state index contributed by atoms with van der Waals surface area (Å²) < 4.78 is 16.8. The van der Waals surface area contributed by atoms with E-state index >= 15 is 0 Å². The zero-order valence-corrected chi connectivity index (χ0v) is 17.8. The van der Waals surface area contributed by atoms with E-state index in [1.807, 2.05) is 18.2 Å². The minimum atomic E-state index is -0.693. The largest absolute Gasteiger partial charge is 0.481 e. The fraction of sp³-hybridized carbons (Fsp3) is 0.458. The molecular weight excluding hydrogens is 396 g/mol. The number of aromatic nitrogens is 1. The Morgan fingerprint density at radius 1 is 1.23 bits per heavy atom. The highest BCUT2D eigenvalue weighted by molar-refractivity contribution is 5.83.